The van der Waals surface area contributed by atoms with Crippen molar-refractivity contribution >= 4 is 5.84 Å². The number of rotatable bonds is 4. The molecule has 0 atom stereocenters. The van der Waals surface area contributed by atoms with Crippen LogP contribution in [0.2, 0.25) is 0 Å². The molecular weight excluding hydrogens is 136 g/mol. The highest BCUT2D eigenvalue weighted by Crippen LogP contribution is 1.95. The molecule has 0 amide bonds. The van der Waals surface area contributed by atoms with Crippen molar-refractivity contribution in [3.05, 3.63) is 12.2 Å². The van der Waals surface area contributed by atoms with Crippen LogP contribution in [0.5, 0.6) is 0 Å². The molecule has 0 saturated carbocycles. The lowest BCUT2D eigenvalue weighted by Gasteiger charge is -1.94. The maximum absolute atomic E-state index is 4.29. The molecule has 1 rings (SSSR count). The summed E-state index contributed by atoms with van der Waals surface area (Å²) in [5.41, 5.74) is 0. The van der Waals surface area contributed by atoms with E-state index in [1.165, 1.54) is 12.8 Å². The largest absolute Gasteiger partial charge is 0.372 e. The molecule has 2 nitrogen and oxygen atoms in total. The van der Waals surface area contributed by atoms with Gasteiger partial charge in [0, 0.05) is 13.0 Å². The summed E-state index contributed by atoms with van der Waals surface area (Å²) in [7, 11) is 0. The second-order valence-electron chi connectivity index (χ2n) is 2.72. The molecular formula is C9H16N2. The van der Waals surface area contributed by atoms with Gasteiger partial charge in [0.2, 0.25) is 0 Å². The number of unbranched alkanes of at least 4 members (excludes halogenated alkanes) is 1. The lowest BCUT2D eigenvalue weighted by molar-refractivity contribution is 0.947. The van der Waals surface area contributed by atoms with Crippen molar-refractivity contribution in [2.24, 2.45) is 4.99 Å². The van der Waals surface area contributed by atoms with Crippen LogP contribution in [-0.2, 0) is 0 Å². The summed E-state index contributed by atoms with van der Waals surface area (Å²) in [6.07, 6.45) is 7.83. The van der Waals surface area contributed by atoms with Gasteiger partial charge in [-0.2, -0.15) is 0 Å². The van der Waals surface area contributed by atoms with E-state index in [-0.39, 0.29) is 0 Å². The van der Waals surface area contributed by atoms with Gasteiger partial charge < -0.3 is 5.32 Å². The topological polar surface area (TPSA) is 24.4 Å². The summed E-state index contributed by atoms with van der Waals surface area (Å²) in [4.78, 5) is 4.29. The minimum atomic E-state index is 0.955. The Bertz CT molecular complexity index is 159. The number of allylic oxidation sites excluding steroid dienone is 1. The van der Waals surface area contributed by atoms with E-state index >= 15 is 0 Å². The summed E-state index contributed by atoms with van der Waals surface area (Å²) in [5.74, 6) is 1.15. The van der Waals surface area contributed by atoms with Crippen LogP contribution in [0.3, 0.4) is 0 Å². The van der Waals surface area contributed by atoms with Crippen LogP contribution in [0.25, 0.3) is 0 Å². The van der Waals surface area contributed by atoms with Crippen molar-refractivity contribution in [2.75, 3.05) is 13.1 Å². The standard InChI is InChI=1S/C9H16N2/c1-2-3-4-5-6-9-10-7-8-11-9/h4-5H,2-3,6-8H2,1H3,(H,10,11)/b5-4+. The Morgan fingerprint density at radius 2 is 2.45 bits per heavy atom. The molecule has 0 fully saturated rings. The average molecular weight is 152 g/mol. The Hall–Kier alpha value is -0.790. The van der Waals surface area contributed by atoms with Gasteiger partial charge in [-0.25, -0.2) is 0 Å². The minimum Gasteiger partial charge on any atom is -0.372 e. The van der Waals surface area contributed by atoms with E-state index in [2.05, 4.69) is 29.4 Å². The SMILES string of the molecule is CCC/C=C/CC1=NCCN1. The Morgan fingerprint density at radius 1 is 1.55 bits per heavy atom. The zero-order chi connectivity index (χ0) is 7.94. The van der Waals surface area contributed by atoms with Crippen LogP contribution in [0.1, 0.15) is 26.2 Å². The number of amidine groups is 1. The second kappa shape index (κ2) is 4.94. The highest BCUT2D eigenvalue weighted by molar-refractivity contribution is 5.84. The zero-order valence-electron chi connectivity index (χ0n) is 7.14. The monoisotopic (exact) mass is 152 g/mol. The maximum atomic E-state index is 4.29. The van der Waals surface area contributed by atoms with Crippen LogP contribution in [0.4, 0.5) is 0 Å². The van der Waals surface area contributed by atoms with Gasteiger partial charge in [0.05, 0.1) is 6.54 Å². The van der Waals surface area contributed by atoms with Crippen LogP contribution in [0, 0.1) is 0 Å². The van der Waals surface area contributed by atoms with Crippen molar-refractivity contribution < 1.29 is 0 Å². The predicted molar refractivity (Wildman–Crippen MR) is 49.0 cm³/mol. The van der Waals surface area contributed by atoms with Crippen LogP contribution >= 0.6 is 0 Å². The molecule has 2 heteroatoms. The normalized spacial score (nSPS) is 17.0. The predicted octanol–water partition coefficient (Wildman–Crippen LogP) is 1.73. The summed E-state index contributed by atoms with van der Waals surface area (Å²) >= 11 is 0. The Labute approximate surface area is 68.4 Å². The third-order valence-corrected chi connectivity index (χ3v) is 1.68. The Kier molecular flexibility index (Phi) is 3.73. The van der Waals surface area contributed by atoms with E-state index in [1.807, 2.05) is 0 Å². The number of nitrogens with one attached hydrogen (secondary N) is 1. The summed E-state index contributed by atoms with van der Waals surface area (Å²) in [5, 5.41) is 3.23. The molecule has 62 valence electrons. The highest BCUT2D eigenvalue weighted by atomic mass is 15.1. The second-order valence-corrected chi connectivity index (χ2v) is 2.72. The van der Waals surface area contributed by atoms with Crippen molar-refractivity contribution in [1.82, 2.24) is 5.32 Å². The lowest BCUT2D eigenvalue weighted by atomic mass is 10.3. The molecule has 1 N–H and O–H groups in total. The van der Waals surface area contributed by atoms with Gasteiger partial charge >= 0.3 is 0 Å². The molecule has 0 aromatic carbocycles. The first-order valence-corrected chi connectivity index (χ1v) is 4.35. The Balaban J connectivity index is 2.10. The number of nitrogens with zero attached hydrogens (tertiary/aromatic N) is 1. The smallest absolute Gasteiger partial charge is 0.100 e. The molecule has 0 unspecified atom stereocenters. The van der Waals surface area contributed by atoms with E-state index in [9.17, 15) is 0 Å². The quantitative estimate of drug-likeness (QED) is 0.610. The molecule has 0 spiro atoms. The maximum Gasteiger partial charge on any atom is 0.100 e. The average Bonchev–Trinajstić information content (AvgIpc) is 2.50. The van der Waals surface area contributed by atoms with Crippen LogP contribution in [0.15, 0.2) is 17.1 Å². The van der Waals surface area contributed by atoms with E-state index < -0.39 is 0 Å². The van der Waals surface area contributed by atoms with Gasteiger partial charge in [-0.05, 0) is 6.42 Å². The Morgan fingerprint density at radius 3 is 3.09 bits per heavy atom. The molecule has 0 aliphatic carbocycles. The van der Waals surface area contributed by atoms with E-state index in [4.69, 9.17) is 0 Å². The fourth-order valence-electron chi connectivity index (χ4n) is 1.06. The first-order valence-electron chi connectivity index (χ1n) is 4.35. The van der Waals surface area contributed by atoms with Crippen LogP contribution < -0.4 is 5.32 Å². The summed E-state index contributed by atoms with van der Waals surface area (Å²) in [6.45, 7) is 4.17. The van der Waals surface area contributed by atoms with Crippen molar-refractivity contribution in [3.63, 3.8) is 0 Å². The van der Waals surface area contributed by atoms with Crippen molar-refractivity contribution in [2.45, 2.75) is 26.2 Å². The van der Waals surface area contributed by atoms with E-state index in [0.717, 1.165) is 25.3 Å². The number of aliphatic imine (C=N–C) groups is 1. The highest BCUT2D eigenvalue weighted by Gasteiger charge is 2.00. The minimum absolute atomic E-state index is 0.955. The van der Waals surface area contributed by atoms with Gasteiger partial charge in [-0.3, -0.25) is 4.99 Å². The summed E-state index contributed by atoms with van der Waals surface area (Å²) < 4.78 is 0. The van der Waals surface area contributed by atoms with E-state index in [1.54, 1.807) is 0 Å². The molecule has 1 aliphatic heterocycles. The molecule has 1 heterocycles. The molecule has 0 aromatic rings. The van der Waals surface area contributed by atoms with Gasteiger partial charge in [0.15, 0.2) is 0 Å². The molecule has 11 heavy (non-hydrogen) atoms. The van der Waals surface area contributed by atoms with Gasteiger partial charge in [-0.15, -0.1) is 0 Å². The lowest BCUT2D eigenvalue weighted by Crippen LogP contribution is -2.17. The molecule has 0 radical (unpaired) electrons. The van der Waals surface area contributed by atoms with Crippen LogP contribution in [-0.4, -0.2) is 18.9 Å². The molecule has 0 bridgehead atoms. The number of hydrogen-bond acceptors (Lipinski definition) is 2. The van der Waals surface area contributed by atoms with Crippen molar-refractivity contribution in [3.8, 4) is 0 Å². The van der Waals surface area contributed by atoms with Gasteiger partial charge in [-0.1, -0.05) is 25.5 Å². The molecule has 0 saturated heterocycles. The van der Waals surface area contributed by atoms with E-state index in [0.29, 0.717) is 0 Å². The molecule has 1 aliphatic rings. The number of hydrogen-bond donors (Lipinski definition) is 1. The fourth-order valence-corrected chi connectivity index (χ4v) is 1.06. The summed E-state index contributed by atoms with van der Waals surface area (Å²) in [6, 6.07) is 0. The first-order chi connectivity index (χ1) is 5.43. The van der Waals surface area contributed by atoms with Crippen molar-refractivity contribution in [1.29, 1.82) is 0 Å². The zero-order valence-corrected chi connectivity index (χ0v) is 7.14. The fraction of sp³-hybridized carbons (Fsp3) is 0.667. The third-order valence-electron chi connectivity index (χ3n) is 1.68. The first kappa shape index (κ1) is 8.31. The van der Waals surface area contributed by atoms with Gasteiger partial charge in [0.1, 0.15) is 5.84 Å². The van der Waals surface area contributed by atoms with Gasteiger partial charge in [0.25, 0.3) is 0 Å². The third kappa shape index (κ3) is 3.21. The molecule has 0 aromatic heterocycles.